The van der Waals surface area contributed by atoms with Crippen LogP contribution in [-0.2, 0) is 15.8 Å². The Labute approximate surface area is 168 Å². The number of amides is 3. The Morgan fingerprint density at radius 2 is 1.60 bits per heavy atom. The first-order chi connectivity index (χ1) is 14.2. The molecule has 3 amide bonds. The summed E-state index contributed by atoms with van der Waals surface area (Å²) >= 11 is 0. The maximum Gasteiger partial charge on any atom is 0.416 e. The standard InChI is InChI=1S/C19H15F3N4O4/c20-19(21,22)14-7-5-12(6-8-14)18(29)24-10-16(27)25-26-17(28)11-30-15-4-2-1-3-13(15)9-23/h1-8H,10-11H2,(H,24,29)(H,25,27)(H,26,28). The molecule has 0 saturated heterocycles. The molecule has 0 aliphatic carbocycles. The Hall–Kier alpha value is -4.07. The summed E-state index contributed by atoms with van der Waals surface area (Å²) in [5.74, 6) is -2.06. The van der Waals surface area contributed by atoms with Gasteiger partial charge in [0.1, 0.15) is 11.8 Å². The maximum absolute atomic E-state index is 12.5. The van der Waals surface area contributed by atoms with Crippen molar-refractivity contribution >= 4 is 17.7 Å². The number of alkyl halides is 3. The van der Waals surface area contributed by atoms with Crippen LogP contribution in [0.15, 0.2) is 48.5 Å². The summed E-state index contributed by atoms with van der Waals surface area (Å²) in [6.07, 6.45) is -4.52. The second-order valence-corrected chi connectivity index (χ2v) is 5.75. The highest BCUT2D eigenvalue weighted by atomic mass is 19.4. The van der Waals surface area contributed by atoms with Crippen molar-refractivity contribution in [1.82, 2.24) is 16.2 Å². The van der Waals surface area contributed by atoms with Gasteiger partial charge in [-0.1, -0.05) is 12.1 Å². The zero-order valence-corrected chi connectivity index (χ0v) is 15.2. The van der Waals surface area contributed by atoms with Crippen molar-refractivity contribution in [2.24, 2.45) is 0 Å². The molecule has 0 aliphatic heterocycles. The molecule has 0 aromatic heterocycles. The number of nitrogens with zero attached hydrogens (tertiary/aromatic N) is 1. The first kappa shape index (κ1) is 22.2. The van der Waals surface area contributed by atoms with Crippen LogP contribution in [-0.4, -0.2) is 30.9 Å². The Kier molecular flexibility index (Phi) is 7.35. The number of hydrogen-bond acceptors (Lipinski definition) is 5. The van der Waals surface area contributed by atoms with E-state index < -0.39 is 42.6 Å². The minimum Gasteiger partial charge on any atom is -0.482 e. The number of rotatable bonds is 6. The van der Waals surface area contributed by atoms with Gasteiger partial charge in [0.25, 0.3) is 17.7 Å². The van der Waals surface area contributed by atoms with Crippen LogP contribution >= 0.6 is 0 Å². The van der Waals surface area contributed by atoms with E-state index in [1.165, 1.54) is 12.1 Å². The van der Waals surface area contributed by atoms with Gasteiger partial charge in [-0.3, -0.25) is 25.2 Å². The molecule has 11 heteroatoms. The average molecular weight is 420 g/mol. The number of nitriles is 1. The lowest BCUT2D eigenvalue weighted by Gasteiger charge is -2.10. The van der Waals surface area contributed by atoms with Gasteiger partial charge in [0.15, 0.2) is 6.61 Å². The van der Waals surface area contributed by atoms with Crippen LogP contribution in [0.25, 0.3) is 0 Å². The quantitative estimate of drug-likeness (QED) is 0.613. The largest absolute Gasteiger partial charge is 0.482 e. The fourth-order valence-corrected chi connectivity index (χ4v) is 2.12. The summed E-state index contributed by atoms with van der Waals surface area (Å²) in [6, 6.07) is 11.6. The second kappa shape index (κ2) is 9.92. The van der Waals surface area contributed by atoms with Gasteiger partial charge in [-0.25, -0.2) is 0 Å². The van der Waals surface area contributed by atoms with Crippen molar-refractivity contribution in [3.05, 3.63) is 65.2 Å². The highest BCUT2D eigenvalue weighted by molar-refractivity contribution is 5.96. The van der Waals surface area contributed by atoms with Crippen LogP contribution in [0.1, 0.15) is 21.5 Å². The SMILES string of the molecule is N#Cc1ccccc1OCC(=O)NNC(=O)CNC(=O)c1ccc(C(F)(F)F)cc1. The van der Waals surface area contributed by atoms with Crippen LogP contribution in [0.3, 0.4) is 0 Å². The number of hydrazine groups is 1. The molecule has 0 fully saturated rings. The lowest BCUT2D eigenvalue weighted by molar-refractivity contribution is -0.137. The number of ether oxygens (including phenoxy) is 1. The summed E-state index contributed by atoms with van der Waals surface area (Å²) in [7, 11) is 0. The van der Waals surface area contributed by atoms with Crippen molar-refractivity contribution in [1.29, 1.82) is 5.26 Å². The summed E-state index contributed by atoms with van der Waals surface area (Å²) in [5.41, 5.74) is 3.36. The zero-order valence-electron chi connectivity index (χ0n) is 15.2. The molecule has 0 radical (unpaired) electrons. The van der Waals surface area contributed by atoms with Crippen molar-refractivity contribution < 1.29 is 32.3 Å². The zero-order chi connectivity index (χ0) is 22.1. The Morgan fingerprint density at radius 3 is 2.23 bits per heavy atom. The molecule has 0 unspecified atom stereocenters. The average Bonchev–Trinajstić information content (AvgIpc) is 2.74. The molecule has 2 aromatic rings. The topological polar surface area (TPSA) is 120 Å². The number of benzene rings is 2. The molecule has 0 spiro atoms. The Bertz CT molecular complexity index is 969. The van der Waals surface area contributed by atoms with Gasteiger partial charge in [-0.15, -0.1) is 0 Å². The Balaban J connectivity index is 1.73. The van der Waals surface area contributed by atoms with Gasteiger partial charge >= 0.3 is 6.18 Å². The van der Waals surface area contributed by atoms with Gasteiger partial charge in [-0.05, 0) is 36.4 Å². The molecule has 0 bridgehead atoms. The fraction of sp³-hybridized carbons (Fsp3) is 0.158. The molecule has 8 nitrogen and oxygen atoms in total. The van der Waals surface area contributed by atoms with Crippen LogP contribution in [0, 0.1) is 11.3 Å². The van der Waals surface area contributed by atoms with E-state index in [9.17, 15) is 27.6 Å². The van der Waals surface area contributed by atoms with E-state index in [-0.39, 0.29) is 16.9 Å². The molecule has 0 heterocycles. The second-order valence-electron chi connectivity index (χ2n) is 5.75. The van der Waals surface area contributed by atoms with Crippen LogP contribution in [0.4, 0.5) is 13.2 Å². The molecule has 30 heavy (non-hydrogen) atoms. The predicted molar refractivity (Wildman–Crippen MR) is 96.7 cm³/mol. The summed E-state index contributed by atoms with van der Waals surface area (Å²) in [5, 5.41) is 11.1. The van der Waals surface area contributed by atoms with E-state index in [1.54, 1.807) is 12.1 Å². The number of nitrogens with one attached hydrogen (secondary N) is 3. The third-order valence-corrected chi connectivity index (χ3v) is 3.59. The molecular weight excluding hydrogens is 405 g/mol. The molecule has 156 valence electrons. The fourth-order valence-electron chi connectivity index (χ4n) is 2.12. The summed E-state index contributed by atoms with van der Waals surface area (Å²) in [4.78, 5) is 35.2. The first-order valence-electron chi connectivity index (χ1n) is 8.36. The van der Waals surface area contributed by atoms with E-state index >= 15 is 0 Å². The van der Waals surface area contributed by atoms with E-state index in [0.29, 0.717) is 0 Å². The number of carbonyl (C=O) groups is 3. The first-order valence-corrected chi connectivity index (χ1v) is 8.36. The van der Waals surface area contributed by atoms with Gasteiger partial charge < -0.3 is 10.1 Å². The van der Waals surface area contributed by atoms with Gasteiger partial charge in [0.05, 0.1) is 17.7 Å². The Morgan fingerprint density at radius 1 is 0.967 bits per heavy atom. The molecule has 3 N–H and O–H groups in total. The van der Waals surface area contributed by atoms with E-state index in [1.807, 2.05) is 11.5 Å². The normalized spacial score (nSPS) is 10.5. The van der Waals surface area contributed by atoms with E-state index in [4.69, 9.17) is 10.00 Å². The lowest BCUT2D eigenvalue weighted by atomic mass is 10.1. The van der Waals surface area contributed by atoms with Crippen molar-refractivity contribution in [2.75, 3.05) is 13.2 Å². The van der Waals surface area contributed by atoms with Gasteiger partial charge in [0.2, 0.25) is 0 Å². The summed E-state index contributed by atoms with van der Waals surface area (Å²) in [6.45, 7) is -1.00. The monoisotopic (exact) mass is 420 g/mol. The lowest BCUT2D eigenvalue weighted by Crippen LogP contribution is -2.47. The molecular formula is C19H15F3N4O4. The van der Waals surface area contributed by atoms with Crippen LogP contribution in [0.5, 0.6) is 5.75 Å². The predicted octanol–water partition coefficient (Wildman–Crippen LogP) is 1.53. The minimum absolute atomic E-state index is 0.0654. The van der Waals surface area contributed by atoms with E-state index in [2.05, 4.69) is 10.7 Å². The maximum atomic E-state index is 12.5. The highest BCUT2D eigenvalue weighted by Gasteiger charge is 2.30. The number of para-hydroxylation sites is 1. The molecule has 2 aromatic carbocycles. The highest BCUT2D eigenvalue weighted by Crippen LogP contribution is 2.29. The molecule has 0 atom stereocenters. The van der Waals surface area contributed by atoms with Crippen molar-refractivity contribution in [3.8, 4) is 11.8 Å². The molecule has 2 rings (SSSR count). The third kappa shape index (κ3) is 6.52. The smallest absolute Gasteiger partial charge is 0.416 e. The molecule has 0 aliphatic rings. The van der Waals surface area contributed by atoms with Crippen molar-refractivity contribution in [2.45, 2.75) is 6.18 Å². The van der Waals surface area contributed by atoms with Gasteiger partial charge in [-0.2, -0.15) is 18.4 Å². The third-order valence-electron chi connectivity index (χ3n) is 3.59. The van der Waals surface area contributed by atoms with Crippen LogP contribution in [0.2, 0.25) is 0 Å². The number of halogens is 3. The van der Waals surface area contributed by atoms with E-state index in [0.717, 1.165) is 24.3 Å². The van der Waals surface area contributed by atoms with Crippen molar-refractivity contribution in [3.63, 3.8) is 0 Å². The number of carbonyl (C=O) groups excluding carboxylic acids is 3. The van der Waals surface area contributed by atoms with Gasteiger partial charge in [0, 0.05) is 5.56 Å². The summed E-state index contributed by atoms with van der Waals surface area (Å²) < 4.78 is 42.7. The van der Waals surface area contributed by atoms with Crippen LogP contribution < -0.4 is 20.9 Å². The number of hydrogen-bond donors (Lipinski definition) is 3. The minimum atomic E-state index is -4.52. The molecule has 0 saturated carbocycles.